The van der Waals surface area contributed by atoms with E-state index in [1.165, 1.54) is 29.4 Å². The lowest BCUT2D eigenvalue weighted by molar-refractivity contribution is -0.128. The molecule has 1 aliphatic rings. The van der Waals surface area contributed by atoms with Gasteiger partial charge in [-0.25, -0.2) is 12.8 Å². The zero-order valence-electron chi connectivity index (χ0n) is 16.0. The van der Waals surface area contributed by atoms with Gasteiger partial charge in [0.05, 0.1) is 24.3 Å². The summed E-state index contributed by atoms with van der Waals surface area (Å²) < 4.78 is 48.1. The number of nitrogens with zero attached hydrogens (tertiary/aromatic N) is 1. The molecule has 30 heavy (non-hydrogen) atoms. The molecule has 6 nitrogen and oxygen atoms in total. The average molecular weight is 429 g/mol. The Kier molecular flexibility index (Phi) is 5.59. The number of carbonyl (C=O) groups excluding carboxylic acids is 1. The van der Waals surface area contributed by atoms with Crippen molar-refractivity contribution in [3.8, 4) is 11.3 Å². The lowest BCUT2D eigenvalue weighted by Gasteiger charge is -2.26. The molecule has 3 heterocycles. The Morgan fingerprint density at radius 2 is 1.97 bits per heavy atom. The third-order valence-electron chi connectivity index (χ3n) is 4.98. The summed E-state index contributed by atoms with van der Waals surface area (Å²) in [5.74, 6) is 0.905. The highest BCUT2D eigenvalue weighted by atomic mass is 32.2. The molecule has 1 amide bonds. The topological polar surface area (TPSA) is 80.7 Å². The van der Waals surface area contributed by atoms with E-state index in [1.807, 2.05) is 0 Å². The number of benzene rings is 1. The number of sulfone groups is 1. The number of hydrogen-bond acceptors (Lipinski definition) is 5. The normalized spacial score (nSPS) is 18.1. The van der Waals surface area contributed by atoms with Gasteiger partial charge in [-0.3, -0.25) is 4.79 Å². The van der Waals surface area contributed by atoms with Crippen molar-refractivity contribution in [2.75, 3.05) is 11.5 Å². The maximum Gasteiger partial charge on any atom is 0.247 e. The molecule has 0 saturated carbocycles. The van der Waals surface area contributed by atoms with E-state index in [2.05, 4.69) is 0 Å². The zero-order chi connectivity index (χ0) is 21.1. The van der Waals surface area contributed by atoms with Gasteiger partial charge in [-0.2, -0.15) is 0 Å². The van der Waals surface area contributed by atoms with Crippen LogP contribution < -0.4 is 0 Å². The lowest BCUT2D eigenvalue weighted by Crippen LogP contribution is -2.39. The summed E-state index contributed by atoms with van der Waals surface area (Å²) in [5.41, 5.74) is 0.710. The molecule has 2 aromatic heterocycles. The van der Waals surface area contributed by atoms with Crippen LogP contribution in [0.15, 0.2) is 69.7 Å². The second-order valence-corrected chi connectivity index (χ2v) is 9.37. The molecule has 8 heteroatoms. The van der Waals surface area contributed by atoms with E-state index in [1.54, 1.807) is 42.5 Å². The maximum absolute atomic E-state index is 13.1. The van der Waals surface area contributed by atoms with Crippen molar-refractivity contribution in [2.45, 2.75) is 19.0 Å². The monoisotopic (exact) mass is 429 g/mol. The lowest BCUT2D eigenvalue weighted by atomic mass is 10.2. The van der Waals surface area contributed by atoms with Gasteiger partial charge in [0, 0.05) is 17.7 Å². The van der Waals surface area contributed by atoms with Crippen LogP contribution in [-0.4, -0.2) is 36.8 Å². The number of halogens is 1. The molecule has 1 atom stereocenters. The van der Waals surface area contributed by atoms with Crippen LogP contribution in [0, 0.1) is 5.82 Å². The molecule has 1 aromatic carbocycles. The van der Waals surface area contributed by atoms with Gasteiger partial charge in [0.15, 0.2) is 9.84 Å². The zero-order valence-corrected chi connectivity index (χ0v) is 16.8. The summed E-state index contributed by atoms with van der Waals surface area (Å²) in [4.78, 5) is 14.4. The number of furan rings is 2. The summed E-state index contributed by atoms with van der Waals surface area (Å²) >= 11 is 0. The predicted molar refractivity (Wildman–Crippen MR) is 109 cm³/mol. The minimum absolute atomic E-state index is 0.0579. The van der Waals surface area contributed by atoms with Crippen LogP contribution in [0.3, 0.4) is 0 Å². The molecule has 3 aromatic rings. The van der Waals surface area contributed by atoms with Crippen molar-refractivity contribution < 1.29 is 26.4 Å². The van der Waals surface area contributed by atoms with Crippen LogP contribution in [0.5, 0.6) is 0 Å². The number of hydrogen-bond donors (Lipinski definition) is 0. The van der Waals surface area contributed by atoms with E-state index in [0.29, 0.717) is 29.3 Å². The highest BCUT2D eigenvalue weighted by Crippen LogP contribution is 2.26. The van der Waals surface area contributed by atoms with Crippen LogP contribution in [0.25, 0.3) is 17.4 Å². The maximum atomic E-state index is 13.1. The molecule has 0 unspecified atom stereocenters. The molecular formula is C22H20FNO5S. The molecule has 1 aliphatic heterocycles. The summed E-state index contributed by atoms with van der Waals surface area (Å²) in [6.07, 6.45) is 4.80. The largest absolute Gasteiger partial charge is 0.465 e. The number of carbonyl (C=O) groups is 1. The first-order valence-electron chi connectivity index (χ1n) is 9.47. The van der Waals surface area contributed by atoms with Crippen LogP contribution in [0.2, 0.25) is 0 Å². The molecule has 0 radical (unpaired) electrons. The minimum Gasteiger partial charge on any atom is -0.465 e. The van der Waals surface area contributed by atoms with E-state index in [4.69, 9.17) is 8.83 Å². The Hall–Kier alpha value is -3.13. The Bertz CT molecular complexity index is 1150. The molecule has 0 bridgehead atoms. The molecule has 0 spiro atoms. The Labute approximate surface area is 173 Å². The van der Waals surface area contributed by atoms with Gasteiger partial charge in [-0.05, 0) is 61.0 Å². The quantitative estimate of drug-likeness (QED) is 0.555. The van der Waals surface area contributed by atoms with Crippen LogP contribution in [0.4, 0.5) is 4.39 Å². The molecule has 156 valence electrons. The SMILES string of the molecule is O=C(/C=C/c1ccco1)N(Cc1ccc(-c2ccc(F)cc2)o1)[C@H]1CCS(=O)(=O)C1. The Morgan fingerprint density at radius 3 is 2.63 bits per heavy atom. The first-order chi connectivity index (χ1) is 14.4. The standard InChI is InChI=1S/C22H20FNO5S/c23-17-5-3-16(4-6-17)21-9-7-20(29-21)14-24(18-11-13-30(26,27)15-18)22(25)10-8-19-2-1-12-28-19/h1-10,12,18H,11,13-15H2/b10-8+/t18-/m0/s1. The summed E-state index contributed by atoms with van der Waals surface area (Å²) in [5, 5.41) is 0. The Morgan fingerprint density at radius 1 is 1.17 bits per heavy atom. The van der Waals surface area contributed by atoms with Crippen molar-refractivity contribution in [2.24, 2.45) is 0 Å². The average Bonchev–Trinajstić information content (AvgIpc) is 3.46. The fourth-order valence-electron chi connectivity index (χ4n) is 3.44. The number of rotatable bonds is 6. The van der Waals surface area contributed by atoms with Gasteiger partial charge in [-0.15, -0.1) is 0 Å². The van der Waals surface area contributed by atoms with Gasteiger partial charge in [-0.1, -0.05) is 0 Å². The van der Waals surface area contributed by atoms with Gasteiger partial charge >= 0.3 is 0 Å². The third kappa shape index (κ3) is 4.71. The molecule has 0 N–H and O–H groups in total. The summed E-state index contributed by atoms with van der Waals surface area (Å²) in [6, 6.07) is 12.4. The molecule has 1 saturated heterocycles. The van der Waals surface area contributed by atoms with Crippen molar-refractivity contribution in [3.63, 3.8) is 0 Å². The molecule has 4 rings (SSSR count). The minimum atomic E-state index is -3.17. The fourth-order valence-corrected chi connectivity index (χ4v) is 5.17. The smallest absolute Gasteiger partial charge is 0.247 e. The van der Waals surface area contributed by atoms with Crippen LogP contribution >= 0.6 is 0 Å². The molecular weight excluding hydrogens is 409 g/mol. The molecule has 1 fully saturated rings. The molecule has 0 aliphatic carbocycles. The van der Waals surface area contributed by atoms with Crippen LogP contribution in [-0.2, 0) is 21.2 Å². The fraction of sp³-hybridized carbons (Fsp3) is 0.227. The third-order valence-corrected chi connectivity index (χ3v) is 6.73. The van der Waals surface area contributed by atoms with E-state index in [0.717, 1.165) is 0 Å². The van der Waals surface area contributed by atoms with E-state index < -0.39 is 15.9 Å². The first-order valence-corrected chi connectivity index (χ1v) is 11.3. The number of amides is 1. The Balaban J connectivity index is 1.55. The second kappa shape index (κ2) is 8.31. The predicted octanol–water partition coefficient (Wildman–Crippen LogP) is 3.91. The van der Waals surface area contributed by atoms with E-state index in [9.17, 15) is 17.6 Å². The first kappa shape index (κ1) is 20.2. The van der Waals surface area contributed by atoms with Crippen molar-refractivity contribution in [1.29, 1.82) is 0 Å². The van der Waals surface area contributed by atoms with Gasteiger partial charge in [0.2, 0.25) is 5.91 Å². The van der Waals surface area contributed by atoms with Gasteiger partial charge < -0.3 is 13.7 Å². The summed E-state index contributed by atoms with van der Waals surface area (Å²) in [6.45, 7) is 0.128. The van der Waals surface area contributed by atoms with E-state index >= 15 is 0 Å². The highest BCUT2D eigenvalue weighted by molar-refractivity contribution is 7.91. The van der Waals surface area contributed by atoms with Gasteiger partial charge in [0.1, 0.15) is 23.1 Å². The summed E-state index contributed by atoms with van der Waals surface area (Å²) in [7, 11) is -3.17. The highest BCUT2D eigenvalue weighted by Gasteiger charge is 2.34. The van der Waals surface area contributed by atoms with Crippen LogP contribution in [0.1, 0.15) is 17.9 Å². The van der Waals surface area contributed by atoms with Gasteiger partial charge in [0.25, 0.3) is 0 Å². The van der Waals surface area contributed by atoms with Crippen molar-refractivity contribution in [3.05, 3.63) is 78.2 Å². The van der Waals surface area contributed by atoms with E-state index in [-0.39, 0.29) is 29.8 Å². The van der Waals surface area contributed by atoms with Crippen molar-refractivity contribution >= 4 is 21.8 Å². The second-order valence-electron chi connectivity index (χ2n) is 7.14. The van der Waals surface area contributed by atoms with Crippen molar-refractivity contribution in [1.82, 2.24) is 4.90 Å².